The van der Waals surface area contributed by atoms with Crippen LogP contribution in [0.1, 0.15) is 37.2 Å². The van der Waals surface area contributed by atoms with Crippen molar-refractivity contribution in [2.24, 2.45) is 0 Å². The smallest absolute Gasteiger partial charge is 0.326 e. The zero-order chi connectivity index (χ0) is 15.2. The van der Waals surface area contributed by atoms with Crippen molar-refractivity contribution in [1.29, 1.82) is 0 Å². The van der Waals surface area contributed by atoms with Crippen LogP contribution in [0.25, 0.3) is 0 Å². The van der Waals surface area contributed by atoms with Crippen molar-refractivity contribution in [1.82, 2.24) is 4.90 Å². The summed E-state index contributed by atoms with van der Waals surface area (Å²) in [5.41, 5.74) is 7.43. The second-order valence-corrected chi connectivity index (χ2v) is 7.10. The molecule has 2 aliphatic heterocycles. The lowest BCUT2D eigenvalue weighted by Crippen LogP contribution is -2.55. The first-order valence-electron chi connectivity index (χ1n) is 7.34. The van der Waals surface area contributed by atoms with Gasteiger partial charge < -0.3 is 10.5 Å². The van der Waals surface area contributed by atoms with E-state index in [0.717, 1.165) is 35.8 Å². The molecule has 0 spiro atoms. The number of ether oxygens (including phenoxy) is 1. The molecule has 2 fully saturated rings. The lowest BCUT2D eigenvalue weighted by atomic mass is 9.78. The van der Waals surface area contributed by atoms with Crippen molar-refractivity contribution in [2.75, 3.05) is 19.9 Å². The first-order valence-corrected chi connectivity index (χ1v) is 8.13. The Morgan fingerprint density at radius 3 is 2.95 bits per heavy atom. The number of fused-ring (bicyclic) bond motifs is 2. The van der Waals surface area contributed by atoms with Gasteiger partial charge in [-0.2, -0.15) is 0 Å². The first kappa shape index (κ1) is 14.9. The molecular weight excluding hydrogens is 332 g/mol. The van der Waals surface area contributed by atoms with Crippen LogP contribution in [0, 0.1) is 0 Å². The number of likely N-dealkylation sites (N-methyl/N-ethyl adjacent to an activating group) is 1. The van der Waals surface area contributed by atoms with E-state index >= 15 is 0 Å². The van der Waals surface area contributed by atoms with Crippen LogP contribution in [0.3, 0.4) is 0 Å². The second kappa shape index (κ2) is 5.29. The Morgan fingerprint density at radius 1 is 1.52 bits per heavy atom. The SMILES string of the molecule is COC(=O)[C@@]12CC[C@@H](C[C@H](c3ccc(N)c(Br)c3)C1)N2C. The fraction of sp³-hybridized carbons (Fsp3) is 0.562. The molecule has 0 aromatic heterocycles. The maximum absolute atomic E-state index is 12.4. The van der Waals surface area contributed by atoms with Gasteiger partial charge in [-0.1, -0.05) is 6.07 Å². The Hall–Kier alpha value is -1.07. The molecule has 0 amide bonds. The number of piperidine rings is 1. The number of nitrogens with zero attached hydrogens (tertiary/aromatic N) is 1. The molecule has 3 atom stereocenters. The molecule has 2 heterocycles. The Bertz CT molecular complexity index is 577. The van der Waals surface area contributed by atoms with E-state index in [0.29, 0.717) is 12.0 Å². The highest BCUT2D eigenvalue weighted by molar-refractivity contribution is 9.10. The van der Waals surface area contributed by atoms with Crippen LogP contribution in [0.15, 0.2) is 22.7 Å². The molecule has 2 bridgehead atoms. The summed E-state index contributed by atoms with van der Waals surface area (Å²) in [6.45, 7) is 0. The van der Waals surface area contributed by atoms with Crippen LogP contribution in [-0.2, 0) is 9.53 Å². The van der Waals surface area contributed by atoms with Gasteiger partial charge in [-0.25, -0.2) is 0 Å². The number of rotatable bonds is 2. The third kappa shape index (κ3) is 2.27. The molecule has 1 aromatic rings. The Morgan fingerprint density at radius 2 is 2.29 bits per heavy atom. The molecule has 21 heavy (non-hydrogen) atoms. The van der Waals surface area contributed by atoms with Gasteiger partial charge in [0.2, 0.25) is 0 Å². The Balaban J connectivity index is 1.93. The lowest BCUT2D eigenvalue weighted by Gasteiger charge is -2.43. The van der Waals surface area contributed by atoms with E-state index in [4.69, 9.17) is 10.5 Å². The standard InChI is InChI=1S/C16H21BrN2O2/c1-19-12-5-6-16(19,15(20)21-2)9-11(7-12)10-3-4-14(18)13(17)8-10/h3-4,8,11-12H,5-7,9,18H2,1-2H3/t11-,12-,16+/m0/s1. The number of halogens is 1. The van der Waals surface area contributed by atoms with Crippen molar-refractivity contribution < 1.29 is 9.53 Å². The predicted octanol–water partition coefficient (Wildman–Crippen LogP) is 2.91. The summed E-state index contributed by atoms with van der Waals surface area (Å²) in [6, 6.07) is 6.57. The van der Waals surface area contributed by atoms with E-state index in [2.05, 4.69) is 40.0 Å². The summed E-state index contributed by atoms with van der Waals surface area (Å²) in [5.74, 6) is 0.288. The normalized spacial score (nSPS) is 32.1. The summed E-state index contributed by atoms with van der Waals surface area (Å²) >= 11 is 3.50. The highest BCUT2D eigenvalue weighted by Crippen LogP contribution is 2.49. The van der Waals surface area contributed by atoms with E-state index in [1.807, 2.05) is 6.07 Å². The number of nitrogen functional groups attached to an aromatic ring is 1. The van der Waals surface area contributed by atoms with Crippen molar-refractivity contribution in [3.8, 4) is 0 Å². The van der Waals surface area contributed by atoms with Gasteiger partial charge in [0, 0.05) is 16.2 Å². The number of methoxy groups -OCH3 is 1. The van der Waals surface area contributed by atoms with Gasteiger partial charge in [0.1, 0.15) is 5.54 Å². The minimum Gasteiger partial charge on any atom is -0.468 e. The van der Waals surface area contributed by atoms with Crippen LogP contribution in [0.2, 0.25) is 0 Å². The molecule has 2 N–H and O–H groups in total. The Kier molecular flexibility index (Phi) is 3.74. The number of hydrogen-bond acceptors (Lipinski definition) is 4. The maximum atomic E-state index is 12.4. The monoisotopic (exact) mass is 352 g/mol. The lowest BCUT2D eigenvalue weighted by molar-refractivity contribution is -0.156. The molecule has 0 radical (unpaired) electrons. The Labute approximate surface area is 133 Å². The van der Waals surface area contributed by atoms with Gasteiger partial charge >= 0.3 is 5.97 Å². The van der Waals surface area contributed by atoms with E-state index in [1.54, 1.807) is 0 Å². The molecule has 3 rings (SSSR count). The zero-order valence-electron chi connectivity index (χ0n) is 12.4. The van der Waals surface area contributed by atoms with E-state index in [-0.39, 0.29) is 5.97 Å². The minimum atomic E-state index is -0.448. The van der Waals surface area contributed by atoms with Crippen LogP contribution >= 0.6 is 15.9 Å². The van der Waals surface area contributed by atoms with Crippen LogP contribution in [-0.4, -0.2) is 36.6 Å². The van der Waals surface area contributed by atoms with Gasteiger partial charge in [-0.15, -0.1) is 0 Å². The quantitative estimate of drug-likeness (QED) is 0.656. The highest BCUT2D eigenvalue weighted by atomic mass is 79.9. The largest absolute Gasteiger partial charge is 0.468 e. The number of esters is 1. The maximum Gasteiger partial charge on any atom is 0.326 e. The molecular formula is C16H21BrN2O2. The van der Waals surface area contributed by atoms with Gasteiger partial charge in [0.25, 0.3) is 0 Å². The number of benzene rings is 1. The van der Waals surface area contributed by atoms with Crippen LogP contribution < -0.4 is 5.73 Å². The minimum absolute atomic E-state index is 0.0910. The molecule has 2 saturated heterocycles. The molecule has 2 aliphatic rings. The topological polar surface area (TPSA) is 55.6 Å². The summed E-state index contributed by atoms with van der Waals surface area (Å²) < 4.78 is 6.03. The molecule has 1 aromatic carbocycles. The van der Waals surface area contributed by atoms with Crippen molar-refractivity contribution in [3.63, 3.8) is 0 Å². The summed E-state index contributed by atoms with van der Waals surface area (Å²) in [7, 11) is 3.55. The van der Waals surface area contributed by atoms with Crippen molar-refractivity contribution in [3.05, 3.63) is 28.2 Å². The average molecular weight is 353 g/mol. The van der Waals surface area contributed by atoms with E-state index < -0.39 is 5.54 Å². The third-order valence-electron chi connectivity index (χ3n) is 5.32. The second-order valence-electron chi connectivity index (χ2n) is 6.24. The van der Waals surface area contributed by atoms with Crippen LogP contribution in [0.4, 0.5) is 5.69 Å². The molecule has 4 nitrogen and oxygen atoms in total. The number of carbonyl (C=O) groups is 1. The van der Waals surface area contributed by atoms with Crippen LogP contribution in [0.5, 0.6) is 0 Å². The summed E-state index contributed by atoms with van der Waals surface area (Å²) in [4.78, 5) is 14.6. The van der Waals surface area contributed by atoms with Crippen molar-refractivity contribution in [2.45, 2.75) is 43.2 Å². The third-order valence-corrected chi connectivity index (χ3v) is 6.00. The fourth-order valence-electron chi connectivity index (χ4n) is 4.04. The average Bonchev–Trinajstić information content (AvgIpc) is 2.68. The molecule has 5 heteroatoms. The molecule has 0 aliphatic carbocycles. The fourth-order valence-corrected chi connectivity index (χ4v) is 4.43. The molecule has 0 saturated carbocycles. The zero-order valence-corrected chi connectivity index (χ0v) is 14.0. The number of nitrogens with two attached hydrogens (primary N) is 1. The highest BCUT2D eigenvalue weighted by Gasteiger charge is 2.55. The first-order chi connectivity index (χ1) is 9.98. The summed E-state index contributed by atoms with van der Waals surface area (Å²) in [5, 5.41) is 0. The molecule has 114 valence electrons. The van der Waals surface area contributed by atoms with E-state index in [1.165, 1.54) is 12.7 Å². The molecule has 0 unspecified atom stereocenters. The van der Waals surface area contributed by atoms with Gasteiger partial charge in [0.05, 0.1) is 7.11 Å². The van der Waals surface area contributed by atoms with Gasteiger partial charge in [-0.3, -0.25) is 9.69 Å². The van der Waals surface area contributed by atoms with Crippen molar-refractivity contribution >= 4 is 27.6 Å². The van der Waals surface area contributed by atoms with Gasteiger partial charge in [0.15, 0.2) is 0 Å². The number of hydrogen-bond donors (Lipinski definition) is 1. The predicted molar refractivity (Wildman–Crippen MR) is 86.1 cm³/mol. The summed E-state index contributed by atoms with van der Waals surface area (Å²) in [6.07, 6.45) is 3.88. The van der Waals surface area contributed by atoms with E-state index in [9.17, 15) is 4.79 Å². The van der Waals surface area contributed by atoms with Gasteiger partial charge in [-0.05, 0) is 72.3 Å². The number of carbonyl (C=O) groups excluding carboxylic acids is 1. The number of anilines is 1.